The van der Waals surface area contributed by atoms with Crippen LogP contribution in [0.1, 0.15) is 12.8 Å². The summed E-state index contributed by atoms with van der Waals surface area (Å²) in [6.45, 7) is 0.664. The van der Waals surface area contributed by atoms with Gasteiger partial charge in [0.1, 0.15) is 0 Å². The molecule has 26 heavy (non-hydrogen) atoms. The summed E-state index contributed by atoms with van der Waals surface area (Å²) in [5.74, 6) is -0.445. The minimum absolute atomic E-state index is 0.0150. The third-order valence-electron chi connectivity index (χ3n) is 4.08. The van der Waals surface area contributed by atoms with Crippen molar-refractivity contribution in [1.29, 1.82) is 0 Å². The maximum atomic E-state index is 12.4. The lowest BCUT2D eigenvalue weighted by Gasteiger charge is -2.29. The third-order valence-corrected chi connectivity index (χ3v) is 7.08. The number of carbonyl (C=O) groups is 1. The number of thiazole rings is 1. The molecule has 1 amide bonds. The summed E-state index contributed by atoms with van der Waals surface area (Å²) in [7, 11) is -3.22. The Balaban J connectivity index is 1.60. The van der Waals surface area contributed by atoms with Crippen LogP contribution in [0, 0.1) is 16.0 Å². The number of nitro groups is 1. The Labute approximate surface area is 157 Å². The van der Waals surface area contributed by atoms with Gasteiger partial charge in [0.2, 0.25) is 15.9 Å². The maximum absolute atomic E-state index is 12.4. The van der Waals surface area contributed by atoms with E-state index in [9.17, 15) is 23.3 Å². The van der Waals surface area contributed by atoms with E-state index in [2.05, 4.69) is 10.3 Å². The average molecular weight is 417 g/mol. The first-order valence-electron chi connectivity index (χ1n) is 7.69. The highest BCUT2D eigenvalue weighted by atomic mass is 32.2. The molecule has 0 unspecified atom stereocenters. The number of hydrogen-bond acceptors (Lipinski definition) is 8. The van der Waals surface area contributed by atoms with Gasteiger partial charge >= 0.3 is 0 Å². The fraction of sp³-hybridized carbons (Fsp3) is 0.429. The Morgan fingerprint density at radius 2 is 2.04 bits per heavy atom. The molecule has 0 atom stereocenters. The summed E-state index contributed by atoms with van der Waals surface area (Å²) in [5.41, 5.74) is 0.594. The van der Waals surface area contributed by atoms with Gasteiger partial charge in [-0.25, -0.2) is 17.7 Å². The van der Waals surface area contributed by atoms with Crippen molar-refractivity contribution in [3.8, 4) is 10.6 Å². The van der Waals surface area contributed by atoms with Crippen LogP contribution < -0.4 is 5.32 Å². The van der Waals surface area contributed by atoms with E-state index in [0.29, 0.717) is 41.6 Å². The summed E-state index contributed by atoms with van der Waals surface area (Å²) >= 11 is 2.47. The van der Waals surface area contributed by atoms with Gasteiger partial charge in [0, 0.05) is 30.5 Å². The first kappa shape index (κ1) is 18.9. The number of piperidine rings is 1. The monoisotopic (exact) mass is 416 g/mol. The number of anilines is 1. The van der Waals surface area contributed by atoms with Crippen molar-refractivity contribution in [2.75, 3.05) is 24.7 Å². The molecule has 3 heterocycles. The molecule has 0 bridgehead atoms. The molecular weight excluding hydrogens is 400 g/mol. The van der Waals surface area contributed by atoms with Gasteiger partial charge in [-0.05, 0) is 12.8 Å². The number of hydrogen-bond donors (Lipinski definition) is 1. The topological polar surface area (TPSA) is 123 Å². The molecule has 3 rings (SSSR count). The molecule has 1 N–H and O–H groups in total. The summed E-state index contributed by atoms with van der Waals surface area (Å²) in [5, 5.41) is 17.1. The number of rotatable bonds is 5. The Hall–Kier alpha value is -1.89. The van der Waals surface area contributed by atoms with E-state index in [0.717, 1.165) is 0 Å². The van der Waals surface area contributed by atoms with E-state index in [1.165, 1.54) is 44.7 Å². The van der Waals surface area contributed by atoms with E-state index in [1.807, 2.05) is 0 Å². The van der Waals surface area contributed by atoms with Crippen LogP contribution in [0.3, 0.4) is 0 Å². The second kappa shape index (κ2) is 7.39. The summed E-state index contributed by atoms with van der Waals surface area (Å²) in [6.07, 6.45) is 2.10. The zero-order valence-electron chi connectivity index (χ0n) is 13.7. The van der Waals surface area contributed by atoms with Crippen LogP contribution in [0.4, 0.5) is 10.8 Å². The van der Waals surface area contributed by atoms with E-state index in [1.54, 1.807) is 5.38 Å². The highest BCUT2D eigenvalue weighted by molar-refractivity contribution is 7.88. The minimum Gasteiger partial charge on any atom is -0.302 e. The van der Waals surface area contributed by atoms with Gasteiger partial charge in [0.15, 0.2) is 5.13 Å². The van der Waals surface area contributed by atoms with Crippen LogP contribution in [-0.2, 0) is 14.8 Å². The molecule has 140 valence electrons. The second-order valence-electron chi connectivity index (χ2n) is 5.89. The van der Waals surface area contributed by atoms with E-state index >= 15 is 0 Å². The van der Waals surface area contributed by atoms with E-state index in [4.69, 9.17) is 0 Å². The number of sulfonamides is 1. The van der Waals surface area contributed by atoms with Gasteiger partial charge < -0.3 is 5.32 Å². The quantitative estimate of drug-likeness (QED) is 0.590. The number of nitrogens with zero attached hydrogens (tertiary/aromatic N) is 3. The molecule has 9 nitrogen and oxygen atoms in total. The fourth-order valence-electron chi connectivity index (χ4n) is 2.66. The SMILES string of the molecule is CS(=O)(=O)N1CCC(C(=O)Nc2nc(-c3cc([N+](=O)[O-])cs3)cs2)CC1. The fourth-order valence-corrected chi connectivity index (χ4v) is 5.14. The predicted molar refractivity (Wildman–Crippen MR) is 99.9 cm³/mol. The highest BCUT2D eigenvalue weighted by Gasteiger charge is 2.29. The zero-order chi connectivity index (χ0) is 18.9. The van der Waals surface area contributed by atoms with Gasteiger partial charge in [0.25, 0.3) is 5.69 Å². The summed E-state index contributed by atoms with van der Waals surface area (Å²) in [6, 6.07) is 1.45. The molecule has 1 aliphatic rings. The largest absolute Gasteiger partial charge is 0.302 e. The minimum atomic E-state index is -3.22. The van der Waals surface area contributed by atoms with Gasteiger partial charge in [-0.3, -0.25) is 14.9 Å². The van der Waals surface area contributed by atoms with Crippen molar-refractivity contribution in [2.45, 2.75) is 12.8 Å². The number of nitrogens with one attached hydrogen (secondary N) is 1. The van der Waals surface area contributed by atoms with Crippen molar-refractivity contribution in [1.82, 2.24) is 9.29 Å². The predicted octanol–water partition coefficient (Wildman–Crippen LogP) is 2.39. The molecular formula is C14H16N4O5S3. The lowest BCUT2D eigenvalue weighted by Crippen LogP contribution is -2.40. The third kappa shape index (κ3) is 4.26. The normalized spacial score (nSPS) is 16.5. The molecule has 1 saturated heterocycles. The zero-order valence-corrected chi connectivity index (χ0v) is 16.2. The summed E-state index contributed by atoms with van der Waals surface area (Å²) in [4.78, 5) is 27.6. The van der Waals surface area contributed by atoms with E-state index in [-0.39, 0.29) is 17.5 Å². The van der Waals surface area contributed by atoms with Crippen molar-refractivity contribution >= 4 is 49.4 Å². The molecule has 1 fully saturated rings. The maximum Gasteiger partial charge on any atom is 0.280 e. The molecule has 0 spiro atoms. The standard InChI is InChI=1S/C14H16N4O5S3/c1-26(22,23)17-4-2-9(3-5-17)13(19)16-14-15-11(8-25-14)12-6-10(7-24-12)18(20)21/h6-9H,2-5H2,1H3,(H,15,16,19). The molecule has 0 saturated carbocycles. The molecule has 12 heteroatoms. The number of aromatic nitrogens is 1. The molecule has 2 aromatic heterocycles. The van der Waals surface area contributed by atoms with Gasteiger partial charge in [-0.15, -0.1) is 22.7 Å². The Morgan fingerprint density at radius 3 is 2.62 bits per heavy atom. The van der Waals surface area contributed by atoms with Crippen LogP contribution in [0.15, 0.2) is 16.8 Å². The van der Waals surface area contributed by atoms with Gasteiger partial charge in [-0.1, -0.05) is 0 Å². The smallest absolute Gasteiger partial charge is 0.280 e. The molecule has 0 aliphatic carbocycles. The van der Waals surface area contributed by atoms with Crippen molar-refractivity contribution < 1.29 is 18.1 Å². The average Bonchev–Trinajstić information content (AvgIpc) is 3.23. The van der Waals surface area contributed by atoms with Gasteiger partial charge in [-0.2, -0.15) is 0 Å². The van der Waals surface area contributed by atoms with Crippen molar-refractivity contribution in [2.24, 2.45) is 5.92 Å². The summed E-state index contributed by atoms with van der Waals surface area (Å²) < 4.78 is 24.4. The Kier molecular flexibility index (Phi) is 5.37. The number of carbonyl (C=O) groups excluding carboxylic acids is 1. The van der Waals surface area contributed by atoms with Crippen LogP contribution in [0.2, 0.25) is 0 Å². The van der Waals surface area contributed by atoms with Crippen LogP contribution >= 0.6 is 22.7 Å². The lowest BCUT2D eigenvalue weighted by molar-refractivity contribution is -0.384. The van der Waals surface area contributed by atoms with Crippen molar-refractivity contribution in [3.63, 3.8) is 0 Å². The molecule has 0 radical (unpaired) electrons. The van der Waals surface area contributed by atoms with Crippen LogP contribution in [0.25, 0.3) is 10.6 Å². The van der Waals surface area contributed by atoms with Crippen LogP contribution in [0.5, 0.6) is 0 Å². The first-order valence-corrected chi connectivity index (χ1v) is 11.3. The number of thiophene rings is 1. The molecule has 1 aliphatic heterocycles. The molecule has 0 aromatic carbocycles. The highest BCUT2D eigenvalue weighted by Crippen LogP contribution is 2.33. The van der Waals surface area contributed by atoms with E-state index < -0.39 is 14.9 Å². The lowest BCUT2D eigenvalue weighted by atomic mass is 9.97. The van der Waals surface area contributed by atoms with Gasteiger partial charge in [0.05, 0.1) is 27.1 Å². The molecule has 2 aromatic rings. The van der Waals surface area contributed by atoms with Crippen molar-refractivity contribution in [3.05, 3.63) is 26.9 Å². The Bertz CT molecular complexity index is 928. The van der Waals surface area contributed by atoms with Crippen LogP contribution in [-0.4, -0.2) is 47.9 Å². The second-order valence-corrected chi connectivity index (χ2v) is 9.64. The first-order chi connectivity index (χ1) is 12.2. The number of amides is 1. The Morgan fingerprint density at radius 1 is 1.35 bits per heavy atom.